The van der Waals surface area contributed by atoms with Gasteiger partial charge >= 0.3 is 0 Å². The summed E-state index contributed by atoms with van der Waals surface area (Å²) < 4.78 is 1.93. The number of likely N-dealkylation sites (N-methyl/N-ethyl adjacent to an activating group) is 2. The molecule has 0 amide bonds. The normalized spacial score (nSPS) is 20.3. The third kappa shape index (κ3) is 2.74. The molecule has 1 unspecified atom stereocenters. The fourth-order valence-corrected chi connectivity index (χ4v) is 3.92. The van der Waals surface area contributed by atoms with E-state index < -0.39 is 0 Å². The van der Waals surface area contributed by atoms with Crippen molar-refractivity contribution in [3.05, 3.63) is 16.9 Å². The van der Waals surface area contributed by atoms with Gasteiger partial charge in [-0.05, 0) is 33.5 Å². The lowest BCUT2D eigenvalue weighted by Crippen LogP contribution is -2.55. The lowest BCUT2D eigenvalue weighted by atomic mass is 9.74. The summed E-state index contributed by atoms with van der Waals surface area (Å²) in [6.07, 6.45) is 8.09. The van der Waals surface area contributed by atoms with Gasteiger partial charge < -0.3 is 10.2 Å². The van der Waals surface area contributed by atoms with E-state index in [1.54, 1.807) is 6.20 Å². The highest BCUT2D eigenvalue weighted by Crippen LogP contribution is 2.43. The van der Waals surface area contributed by atoms with Crippen molar-refractivity contribution < 1.29 is 0 Å². The van der Waals surface area contributed by atoms with Crippen molar-refractivity contribution in [2.24, 2.45) is 7.05 Å². The maximum absolute atomic E-state index is 6.42. The van der Waals surface area contributed by atoms with Crippen LogP contribution in [0.25, 0.3) is 0 Å². The largest absolute Gasteiger partial charge is 0.307 e. The molecule has 1 saturated carbocycles. The Morgan fingerprint density at radius 1 is 1.40 bits per heavy atom. The summed E-state index contributed by atoms with van der Waals surface area (Å²) in [7, 11) is 6.37. The topological polar surface area (TPSA) is 33.1 Å². The van der Waals surface area contributed by atoms with Gasteiger partial charge in [-0.2, -0.15) is 5.10 Å². The Bertz CT molecular complexity index is 416. The van der Waals surface area contributed by atoms with Gasteiger partial charge in [0, 0.05) is 12.6 Å². The summed E-state index contributed by atoms with van der Waals surface area (Å²) in [4.78, 5) is 2.39. The van der Waals surface area contributed by atoms with Crippen LogP contribution < -0.4 is 5.32 Å². The van der Waals surface area contributed by atoms with Crippen LogP contribution in [0, 0.1) is 0 Å². The van der Waals surface area contributed by atoms with Crippen LogP contribution in [0.3, 0.4) is 0 Å². The van der Waals surface area contributed by atoms with Crippen molar-refractivity contribution in [3.63, 3.8) is 0 Å². The highest BCUT2D eigenvalue weighted by Gasteiger charge is 2.44. The van der Waals surface area contributed by atoms with Crippen LogP contribution >= 0.6 is 11.6 Å². The van der Waals surface area contributed by atoms with Crippen LogP contribution in [0.15, 0.2) is 6.20 Å². The van der Waals surface area contributed by atoms with Gasteiger partial charge in [0.05, 0.1) is 23.0 Å². The molecule has 2 rings (SSSR count). The Balaban J connectivity index is 2.44. The van der Waals surface area contributed by atoms with Gasteiger partial charge in [0.15, 0.2) is 0 Å². The highest BCUT2D eigenvalue weighted by atomic mass is 35.5. The molecule has 1 fully saturated rings. The summed E-state index contributed by atoms with van der Waals surface area (Å²) in [5.74, 6) is 0. The van der Waals surface area contributed by atoms with Gasteiger partial charge in [-0.3, -0.25) is 4.68 Å². The van der Waals surface area contributed by atoms with Gasteiger partial charge in [0.2, 0.25) is 0 Å². The maximum atomic E-state index is 6.42. The van der Waals surface area contributed by atoms with E-state index in [1.807, 2.05) is 11.7 Å². The molecular weight excluding hydrogens is 272 g/mol. The smallest absolute Gasteiger partial charge is 0.0834 e. The van der Waals surface area contributed by atoms with Crippen molar-refractivity contribution in [1.29, 1.82) is 0 Å². The number of hydrogen-bond acceptors (Lipinski definition) is 3. The molecule has 4 nitrogen and oxygen atoms in total. The summed E-state index contributed by atoms with van der Waals surface area (Å²) in [6, 6.07) is 0.225. The van der Waals surface area contributed by atoms with Crippen LogP contribution in [-0.2, 0) is 7.05 Å². The third-order valence-electron chi connectivity index (χ3n) is 4.77. The predicted octanol–water partition coefficient (Wildman–Crippen LogP) is 2.99. The molecule has 1 aliphatic rings. The first kappa shape index (κ1) is 15.8. The lowest BCUT2D eigenvalue weighted by Gasteiger charge is -2.48. The molecule has 0 spiro atoms. The first-order valence-electron chi connectivity index (χ1n) is 7.61. The molecule has 1 aromatic rings. The number of hydrogen-bond donors (Lipinski definition) is 1. The van der Waals surface area contributed by atoms with Crippen molar-refractivity contribution >= 4 is 11.6 Å². The lowest BCUT2D eigenvalue weighted by molar-refractivity contribution is 0.0540. The minimum atomic E-state index is 0.131. The Hall–Kier alpha value is -0.580. The fraction of sp³-hybridized carbons (Fsp3) is 0.800. The molecule has 0 radical (unpaired) electrons. The first-order chi connectivity index (χ1) is 9.53. The van der Waals surface area contributed by atoms with E-state index in [4.69, 9.17) is 11.6 Å². The third-order valence-corrected chi connectivity index (χ3v) is 5.06. The highest BCUT2D eigenvalue weighted by molar-refractivity contribution is 6.31. The minimum absolute atomic E-state index is 0.131. The average Bonchev–Trinajstić information content (AvgIpc) is 2.76. The van der Waals surface area contributed by atoms with E-state index in [0.717, 1.165) is 17.3 Å². The van der Waals surface area contributed by atoms with Crippen LogP contribution in [0.5, 0.6) is 0 Å². The van der Waals surface area contributed by atoms with E-state index in [0.29, 0.717) is 0 Å². The Morgan fingerprint density at radius 2 is 2.05 bits per heavy atom. The number of rotatable bonds is 5. The number of nitrogens with one attached hydrogen (secondary N) is 1. The van der Waals surface area contributed by atoms with Gasteiger partial charge in [-0.1, -0.05) is 37.8 Å². The van der Waals surface area contributed by atoms with Gasteiger partial charge in [0.1, 0.15) is 0 Å². The summed E-state index contributed by atoms with van der Waals surface area (Å²) >= 11 is 6.42. The predicted molar refractivity (Wildman–Crippen MR) is 84.1 cm³/mol. The number of aromatic nitrogens is 2. The van der Waals surface area contributed by atoms with E-state index in [9.17, 15) is 0 Å². The molecular formula is C15H27ClN4. The zero-order chi connectivity index (χ0) is 14.8. The number of aryl methyl sites for hydroxylation is 1. The van der Waals surface area contributed by atoms with Crippen molar-refractivity contribution in [3.8, 4) is 0 Å². The molecule has 5 heteroatoms. The molecule has 0 aliphatic heterocycles. The van der Waals surface area contributed by atoms with Crippen LogP contribution in [-0.4, -0.2) is 40.9 Å². The number of halogens is 1. The number of nitrogens with zero attached hydrogens (tertiary/aromatic N) is 3. The van der Waals surface area contributed by atoms with E-state index in [2.05, 4.69) is 36.3 Å². The zero-order valence-electron chi connectivity index (χ0n) is 13.1. The summed E-state index contributed by atoms with van der Waals surface area (Å²) in [5.41, 5.74) is 1.25. The molecule has 1 aliphatic carbocycles. The van der Waals surface area contributed by atoms with E-state index >= 15 is 0 Å². The zero-order valence-corrected chi connectivity index (χ0v) is 13.9. The van der Waals surface area contributed by atoms with Crippen LogP contribution in [0.4, 0.5) is 0 Å². The van der Waals surface area contributed by atoms with Crippen LogP contribution in [0.1, 0.15) is 50.8 Å². The molecule has 1 N–H and O–H groups in total. The summed E-state index contributed by atoms with van der Waals surface area (Å²) in [6.45, 7) is 3.09. The van der Waals surface area contributed by atoms with E-state index in [1.165, 1.54) is 32.1 Å². The molecule has 114 valence electrons. The molecule has 20 heavy (non-hydrogen) atoms. The quantitative estimate of drug-likeness (QED) is 0.907. The standard InChI is InChI=1S/C15H27ClN4/c1-5-17-14(13-12(16)11-18-20(13)4)15(19(2)3)9-7-6-8-10-15/h11,14,17H,5-10H2,1-4H3. The van der Waals surface area contributed by atoms with Crippen molar-refractivity contribution in [2.45, 2.75) is 50.6 Å². The Morgan fingerprint density at radius 3 is 2.50 bits per heavy atom. The van der Waals surface area contributed by atoms with Gasteiger partial charge in [-0.25, -0.2) is 0 Å². The molecule has 1 aromatic heterocycles. The average molecular weight is 299 g/mol. The fourth-order valence-electron chi connectivity index (χ4n) is 3.65. The van der Waals surface area contributed by atoms with Crippen molar-refractivity contribution in [1.82, 2.24) is 20.0 Å². The second kappa shape index (κ2) is 6.46. The van der Waals surface area contributed by atoms with Crippen LogP contribution in [0.2, 0.25) is 5.02 Å². The molecule has 0 aromatic carbocycles. The maximum Gasteiger partial charge on any atom is 0.0834 e. The molecule has 1 heterocycles. The van der Waals surface area contributed by atoms with E-state index in [-0.39, 0.29) is 11.6 Å². The minimum Gasteiger partial charge on any atom is -0.307 e. The first-order valence-corrected chi connectivity index (χ1v) is 7.99. The monoisotopic (exact) mass is 298 g/mol. The summed E-state index contributed by atoms with van der Waals surface area (Å²) in [5, 5.41) is 8.77. The molecule has 0 bridgehead atoms. The van der Waals surface area contributed by atoms with Gasteiger partial charge in [-0.15, -0.1) is 0 Å². The van der Waals surface area contributed by atoms with Gasteiger partial charge in [0.25, 0.3) is 0 Å². The second-order valence-electron chi connectivity index (χ2n) is 6.05. The SMILES string of the molecule is CCNC(c1c(Cl)cnn1C)C1(N(C)C)CCCCC1. The van der Waals surface area contributed by atoms with Crippen molar-refractivity contribution in [2.75, 3.05) is 20.6 Å². The molecule has 0 saturated heterocycles. The Labute approximate surface area is 127 Å². The second-order valence-corrected chi connectivity index (χ2v) is 6.46. The molecule has 1 atom stereocenters. The Kier molecular flexibility index (Phi) is 5.10.